The van der Waals surface area contributed by atoms with Crippen LogP contribution < -0.4 is 0 Å². The van der Waals surface area contributed by atoms with Crippen molar-refractivity contribution >= 4 is 0 Å². The normalized spacial score (nSPS) is 55.6. The molecule has 0 amide bonds. The first-order chi connectivity index (χ1) is 11.6. The molecule has 0 nitrogen and oxygen atoms in total. The van der Waals surface area contributed by atoms with Gasteiger partial charge in [0.2, 0.25) is 0 Å². The van der Waals surface area contributed by atoms with Gasteiger partial charge in [-0.1, -0.05) is 111 Å². The van der Waals surface area contributed by atoms with Crippen LogP contribution in [0.4, 0.5) is 0 Å². The Morgan fingerprint density at radius 1 is 0.519 bits per heavy atom. The van der Waals surface area contributed by atoms with Crippen LogP contribution in [0.1, 0.15) is 117 Å². The lowest BCUT2D eigenvalue weighted by Gasteiger charge is -3.08. The fourth-order valence-corrected chi connectivity index (χ4v) is 11.7. The Labute approximate surface area is 171 Å². The molecule has 3 saturated carbocycles. The summed E-state index contributed by atoms with van der Waals surface area (Å²) in [6.07, 6.45) is 1.28. The quantitative estimate of drug-likeness (QED) is 0.454. The minimum atomic E-state index is 0.247. The van der Waals surface area contributed by atoms with Crippen LogP contribution in [0.25, 0.3) is 0 Å². The van der Waals surface area contributed by atoms with Crippen molar-refractivity contribution in [2.24, 2.45) is 54.1 Å². The van der Waals surface area contributed by atoms with E-state index in [2.05, 4.69) is 111 Å². The van der Waals surface area contributed by atoms with E-state index < -0.39 is 0 Å². The minimum Gasteiger partial charge on any atom is -0.0648 e. The van der Waals surface area contributed by atoms with Gasteiger partial charge in [0.1, 0.15) is 0 Å². The lowest BCUT2D eigenvalue weighted by atomic mass is 8.95. The van der Waals surface area contributed by atoms with Crippen molar-refractivity contribution in [2.75, 3.05) is 0 Å². The van der Waals surface area contributed by atoms with Crippen LogP contribution in [0.5, 0.6) is 0 Å². The van der Waals surface area contributed by atoms with Crippen LogP contribution in [0.15, 0.2) is 0 Å². The van der Waals surface area contributed by atoms with Crippen LogP contribution in [-0.2, 0) is 0 Å². The Balaban J connectivity index is 2.37. The van der Waals surface area contributed by atoms with Gasteiger partial charge in [-0.2, -0.15) is 0 Å². The Morgan fingerprint density at radius 3 is 1.22 bits per heavy atom. The minimum absolute atomic E-state index is 0.247. The summed E-state index contributed by atoms with van der Waals surface area (Å²) in [6, 6.07) is 0. The van der Waals surface area contributed by atoms with Crippen molar-refractivity contribution < 1.29 is 0 Å². The van der Waals surface area contributed by atoms with E-state index >= 15 is 0 Å². The molecular weight excluding hydrogens is 324 g/mol. The van der Waals surface area contributed by atoms with Crippen molar-refractivity contribution in [1.29, 1.82) is 0 Å². The highest BCUT2D eigenvalue weighted by Gasteiger charge is 3.06. The Bertz CT molecular complexity index is 702. The third-order valence-electron chi connectivity index (χ3n) is 15.1. The summed E-state index contributed by atoms with van der Waals surface area (Å²) in [5.41, 5.74) is 3.28. The zero-order valence-corrected chi connectivity index (χ0v) is 21.7. The molecule has 158 valence electrons. The molecule has 3 aliphatic rings. The molecule has 0 aliphatic heterocycles. The van der Waals surface area contributed by atoms with Crippen molar-refractivity contribution in [1.82, 2.24) is 0 Å². The van der Waals surface area contributed by atoms with Gasteiger partial charge in [0.25, 0.3) is 0 Å². The first-order valence-corrected chi connectivity index (χ1v) is 11.6. The number of hydrogen-bond donors (Lipinski definition) is 0. The lowest BCUT2D eigenvalue weighted by Crippen LogP contribution is -3.05. The topological polar surface area (TPSA) is 0 Å². The molecule has 3 fully saturated rings. The maximum Gasteiger partial charge on any atom is -0.0132 e. The zero-order chi connectivity index (χ0) is 21.7. The van der Waals surface area contributed by atoms with Gasteiger partial charge in [-0.3, -0.25) is 0 Å². The van der Waals surface area contributed by atoms with Gasteiger partial charge in [-0.25, -0.2) is 0 Å². The monoisotopic (exact) mass is 374 g/mol. The van der Waals surface area contributed by atoms with Crippen molar-refractivity contribution in [3.63, 3.8) is 0 Å². The maximum absolute atomic E-state index is 2.70. The van der Waals surface area contributed by atoms with Gasteiger partial charge in [0.05, 0.1) is 0 Å². The lowest BCUT2D eigenvalue weighted by molar-refractivity contribution is -0.622. The number of rotatable bonds is 2. The summed E-state index contributed by atoms with van der Waals surface area (Å²) < 4.78 is 0. The molecule has 0 heterocycles. The molecule has 3 rings (SSSR count). The van der Waals surface area contributed by atoms with Crippen molar-refractivity contribution in [3.8, 4) is 0 Å². The maximum atomic E-state index is 2.70. The molecule has 27 heavy (non-hydrogen) atoms. The molecular formula is C27H50. The van der Waals surface area contributed by atoms with E-state index in [-0.39, 0.29) is 16.2 Å². The van der Waals surface area contributed by atoms with E-state index in [0.717, 1.165) is 0 Å². The summed E-state index contributed by atoms with van der Waals surface area (Å²) in [5.74, 6) is 0. The van der Waals surface area contributed by atoms with E-state index in [1.807, 2.05) is 0 Å². The van der Waals surface area contributed by atoms with Crippen LogP contribution >= 0.6 is 0 Å². The van der Waals surface area contributed by atoms with Gasteiger partial charge in [0.15, 0.2) is 0 Å². The fraction of sp³-hybridized carbons (Fsp3) is 1.00. The Morgan fingerprint density at radius 2 is 0.889 bits per heavy atom. The third kappa shape index (κ3) is 1.22. The summed E-state index contributed by atoms with van der Waals surface area (Å²) in [6.45, 7) is 41.4. The molecule has 0 aromatic rings. The largest absolute Gasteiger partial charge is 0.0648 e. The van der Waals surface area contributed by atoms with E-state index in [1.54, 1.807) is 0 Å². The Kier molecular flexibility index (Phi) is 3.51. The summed E-state index contributed by atoms with van der Waals surface area (Å²) in [5, 5.41) is 0. The molecule has 6 unspecified atom stereocenters. The van der Waals surface area contributed by atoms with Gasteiger partial charge >= 0.3 is 0 Å². The van der Waals surface area contributed by atoms with Crippen LogP contribution in [-0.4, -0.2) is 0 Å². The molecule has 0 bridgehead atoms. The predicted molar refractivity (Wildman–Crippen MR) is 120 cm³/mol. The van der Waals surface area contributed by atoms with E-state index in [1.165, 1.54) is 6.42 Å². The molecule has 0 radical (unpaired) electrons. The van der Waals surface area contributed by atoms with Gasteiger partial charge < -0.3 is 0 Å². The first kappa shape index (κ1) is 21.7. The predicted octanol–water partition coefficient (Wildman–Crippen LogP) is 8.60. The highest BCUT2D eigenvalue weighted by molar-refractivity contribution is 5.52. The second-order valence-corrected chi connectivity index (χ2v) is 14.4. The summed E-state index contributed by atoms with van der Waals surface area (Å²) in [4.78, 5) is 0. The van der Waals surface area contributed by atoms with Gasteiger partial charge in [0, 0.05) is 0 Å². The molecule has 0 spiro atoms. The molecule has 6 atom stereocenters. The van der Waals surface area contributed by atoms with E-state index in [9.17, 15) is 0 Å². The average Bonchev–Trinajstić information content (AvgIpc) is 2.54. The zero-order valence-electron chi connectivity index (χ0n) is 21.7. The average molecular weight is 375 g/mol. The highest BCUT2D eigenvalue weighted by atomic mass is 15.1. The SMILES string of the molecule is CCC1(C)C(C)(C)C2(C)C3(C)C(C)(C)C(C)(C(C)(C)C(C)(C)C)C3(C)C12C. The number of hydrogen-bond acceptors (Lipinski definition) is 0. The van der Waals surface area contributed by atoms with E-state index in [4.69, 9.17) is 0 Å². The first-order valence-electron chi connectivity index (χ1n) is 11.6. The molecule has 0 saturated heterocycles. The molecule has 0 N–H and O–H groups in total. The molecule has 0 aromatic carbocycles. The van der Waals surface area contributed by atoms with Crippen LogP contribution in [0.2, 0.25) is 0 Å². The molecule has 0 heteroatoms. The fourth-order valence-electron chi connectivity index (χ4n) is 11.7. The second-order valence-electron chi connectivity index (χ2n) is 14.4. The van der Waals surface area contributed by atoms with Crippen LogP contribution in [0, 0.1) is 54.1 Å². The third-order valence-corrected chi connectivity index (χ3v) is 15.1. The van der Waals surface area contributed by atoms with Crippen molar-refractivity contribution in [3.05, 3.63) is 0 Å². The van der Waals surface area contributed by atoms with Crippen molar-refractivity contribution in [2.45, 2.75) is 117 Å². The van der Waals surface area contributed by atoms with E-state index in [0.29, 0.717) is 37.9 Å². The standard InChI is InChI=1S/C27H50/c1-17-22(11)20(7,8)24(13)25(14)21(9,10)23(12,19(5,6)18(2,3)4)27(25,16)26(22,24)15/h17H2,1-16H3. The second kappa shape index (κ2) is 4.37. The van der Waals surface area contributed by atoms with Crippen LogP contribution in [0.3, 0.4) is 0 Å². The summed E-state index contributed by atoms with van der Waals surface area (Å²) in [7, 11) is 0. The van der Waals surface area contributed by atoms with Gasteiger partial charge in [-0.15, -0.1) is 0 Å². The molecule has 0 aromatic heterocycles. The van der Waals surface area contributed by atoms with Gasteiger partial charge in [-0.05, 0) is 60.6 Å². The summed E-state index contributed by atoms with van der Waals surface area (Å²) >= 11 is 0. The molecule has 3 aliphatic carbocycles. The number of fused-ring (bicyclic) bond motifs is 4. The highest BCUT2D eigenvalue weighted by Crippen LogP contribution is 3.10. The smallest absolute Gasteiger partial charge is 0.0132 e. The Hall–Kier alpha value is 0.